The molecule has 2 rings (SSSR count). The Morgan fingerprint density at radius 2 is 1.51 bits per heavy atom. The van der Waals surface area contributed by atoms with E-state index in [9.17, 15) is 33.6 Å². The SMILES string of the molecule is CC[C@H](C)[C@@H]([C@@H](CC(=O)N1CCCC1[C@H](OC)[C@@H](C)C(N)=O)OC)N(C)C(=O)[C@@H](NC(=O)C(C(C)C)N(C)C(=O)OCc1ccc(NC(=O)[C@@H](C)CCCNC(N)=O)cc1)C(C)C. The van der Waals surface area contributed by atoms with Gasteiger partial charge in [-0.2, -0.15) is 0 Å². The molecule has 0 aliphatic carbocycles. The lowest BCUT2D eigenvalue weighted by molar-refractivity contribution is -0.147. The molecule has 1 aliphatic rings. The number of hydrogen-bond acceptors (Lipinski definition) is 10. The Hall–Kier alpha value is -4.97. The van der Waals surface area contributed by atoms with Gasteiger partial charge in [-0.3, -0.25) is 28.9 Å². The van der Waals surface area contributed by atoms with Crippen LogP contribution in [0.15, 0.2) is 24.3 Å². The van der Waals surface area contributed by atoms with E-state index in [0.29, 0.717) is 50.0 Å². The van der Waals surface area contributed by atoms with Crippen molar-refractivity contribution < 1.29 is 47.8 Å². The zero-order valence-corrected chi connectivity index (χ0v) is 39.6. The molecule has 0 bridgehead atoms. The third kappa shape index (κ3) is 15.7. The molecule has 0 spiro atoms. The van der Waals surface area contributed by atoms with Gasteiger partial charge in [0.1, 0.15) is 18.7 Å². The van der Waals surface area contributed by atoms with Crippen molar-refractivity contribution in [1.82, 2.24) is 25.3 Å². The molecule has 1 heterocycles. The summed E-state index contributed by atoms with van der Waals surface area (Å²) in [5.74, 6) is -3.48. The maximum absolute atomic E-state index is 14.5. The van der Waals surface area contributed by atoms with Crippen LogP contribution in [0.5, 0.6) is 0 Å². The zero-order valence-electron chi connectivity index (χ0n) is 39.6. The first-order valence-corrected chi connectivity index (χ1v) is 22.1. The van der Waals surface area contributed by atoms with Gasteiger partial charge in [0.15, 0.2) is 0 Å². The number of benzene rings is 1. The molecular weight excluding hydrogens is 813 g/mol. The number of hydrogen-bond donors (Lipinski definition) is 5. The average molecular weight is 889 g/mol. The molecule has 0 saturated carbocycles. The van der Waals surface area contributed by atoms with Crippen LogP contribution in [0.25, 0.3) is 0 Å². The number of likely N-dealkylation sites (N-methyl/N-ethyl adjacent to an activating group) is 2. The first kappa shape index (κ1) is 54.2. The van der Waals surface area contributed by atoms with Crippen molar-refractivity contribution >= 4 is 47.3 Å². The molecule has 0 radical (unpaired) electrons. The third-order valence-corrected chi connectivity index (χ3v) is 12.3. The monoisotopic (exact) mass is 889 g/mol. The predicted molar refractivity (Wildman–Crippen MR) is 240 cm³/mol. The highest BCUT2D eigenvalue weighted by Gasteiger charge is 2.43. The number of anilines is 1. The molecule has 8 amide bonds. The molecule has 18 heteroatoms. The van der Waals surface area contributed by atoms with Gasteiger partial charge in [-0.15, -0.1) is 0 Å². The van der Waals surface area contributed by atoms with E-state index >= 15 is 0 Å². The van der Waals surface area contributed by atoms with Crippen molar-refractivity contribution in [3.63, 3.8) is 0 Å². The third-order valence-electron chi connectivity index (χ3n) is 12.3. The van der Waals surface area contributed by atoms with Crippen LogP contribution in [-0.2, 0) is 44.8 Å². The van der Waals surface area contributed by atoms with E-state index in [-0.39, 0.29) is 60.5 Å². The number of nitrogens with zero attached hydrogens (tertiary/aromatic N) is 3. The van der Waals surface area contributed by atoms with E-state index in [0.717, 1.165) is 6.42 Å². The molecule has 9 atom stereocenters. The number of ether oxygens (including phenoxy) is 3. The second-order valence-corrected chi connectivity index (χ2v) is 17.6. The van der Waals surface area contributed by atoms with Crippen LogP contribution in [0, 0.1) is 29.6 Å². The lowest BCUT2D eigenvalue weighted by atomic mass is 9.89. The van der Waals surface area contributed by atoms with E-state index in [1.165, 1.54) is 26.2 Å². The minimum Gasteiger partial charge on any atom is -0.445 e. The van der Waals surface area contributed by atoms with Gasteiger partial charge in [0.25, 0.3) is 0 Å². The number of urea groups is 1. The summed E-state index contributed by atoms with van der Waals surface area (Å²) < 4.78 is 17.3. The van der Waals surface area contributed by atoms with E-state index in [2.05, 4.69) is 16.0 Å². The Morgan fingerprint density at radius 3 is 2.03 bits per heavy atom. The summed E-state index contributed by atoms with van der Waals surface area (Å²) in [5, 5.41) is 8.29. The van der Waals surface area contributed by atoms with Crippen LogP contribution in [0.1, 0.15) is 99.5 Å². The van der Waals surface area contributed by atoms with E-state index in [1.54, 1.807) is 68.8 Å². The molecule has 1 saturated heterocycles. The van der Waals surface area contributed by atoms with E-state index < -0.39 is 60.2 Å². The van der Waals surface area contributed by atoms with Crippen molar-refractivity contribution in [2.45, 2.75) is 137 Å². The Morgan fingerprint density at radius 1 is 0.873 bits per heavy atom. The van der Waals surface area contributed by atoms with Crippen molar-refractivity contribution in [1.29, 1.82) is 0 Å². The predicted octanol–water partition coefficient (Wildman–Crippen LogP) is 3.85. The molecular formula is C45H76N8O10. The largest absolute Gasteiger partial charge is 0.445 e. The Bertz CT molecular complexity index is 1680. The second kappa shape index (κ2) is 26.0. The Balaban J connectivity index is 2.15. The molecule has 7 N–H and O–H groups in total. The van der Waals surface area contributed by atoms with Gasteiger partial charge in [0, 0.05) is 53.0 Å². The number of carbonyl (C=O) groups is 7. The van der Waals surface area contributed by atoms with Crippen molar-refractivity contribution in [3.05, 3.63) is 29.8 Å². The molecule has 63 heavy (non-hydrogen) atoms. The molecule has 0 aromatic heterocycles. The molecule has 1 aromatic rings. The summed E-state index contributed by atoms with van der Waals surface area (Å²) in [7, 11) is 6.15. The molecule has 1 fully saturated rings. The molecule has 18 nitrogen and oxygen atoms in total. The summed E-state index contributed by atoms with van der Waals surface area (Å²) in [6.07, 6.45) is 1.20. The fraction of sp³-hybridized carbons (Fsp3) is 0.711. The zero-order chi connectivity index (χ0) is 47.7. The molecule has 1 aliphatic heterocycles. The number of amides is 8. The van der Waals surface area contributed by atoms with Crippen LogP contribution in [-0.4, -0.2) is 134 Å². The van der Waals surface area contributed by atoms with Crippen molar-refractivity contribution in [2.24, 2.45) is 41.1 Å². The van der Waals surface area contributed by atoms with Gasteiger partial charge in [-0.25, -0.2) is 9.59 Å². The number of methoxy groups -OCH3 is 2. The van der Waals surface area contributed by atoms with E-state index in [1.807, 2.05) is 27.7 Å². The summed E-state index contributed by atoms with van der Waals surface area (Å²) in [5.41, 5.74) is 11.9. The maximum Gasteiger partial charge on any atom is 0.410 e. The highest BCUT2D eigenvalue weighted by Crippen LogP contribution is 2.29. The lowest BCUT2D eigenvalue weighted by Crippen LogP contribution is -2.60. The summed E-state index contributed by atoms with van der Waals surface area (Å²) in [4.78, 5) is 96.0. The fourth-order valence-corrected chi connectivity index (χ4v) is 8.28. The molecule has 1 aromatic carbocycles. The smallest absolute Gasteiger partial charge is 0.410 e. The topological polar surface area (TPSA) is 245 Å². The first-order valence-electron chi connectivity index (χ1n) is 22.1. The van der Waals surface area contributed by atoms with Crippen LogP contribution < -0.4 is 27.4 Å². The van der Waals surface area contributed by atoms with Crippen LogP contribution in [0.3, 0.4) is 0 Å². The highest BCUT2D eigenvalue weighted by molar-refractivity contribution is 5.93. The Labute approximate surface area is 374 Å². The fourth-order valence-electron chi connectivity index (χ4n) is 8.28. The quantitative estimate of drug-likeness (QED) is 0.0888. The standard InChI is InChI=1S/C45H76N8O10/c1-13-28(6)38(34(61-11)24-35(54)53-23-15-17-33(53)39(62-12)30(8)40(46)55)51(9)43(58)36(26(2)3)50-42(57)37(27(4)5)52(10)45(60)63-25-31-18-20-32(21-19-31)49-41(56)29(7)16-14-22-48-44(47)59/h18-21,26-30,33-34,36-39H,13-17,22-25H2,1-12H3,(H2,46,55)(H,49,56)(H,50,57)(H3,47,48,59)/t28-,29-,30+,33?,34+,36-,37?,38-,39+/m0/s1. The minimum atomic E-state index is -0.987. The number of likely N-dealkylation sites (tertiary alicyclic amines) is 1. The normalized spacial score (nSPS) is 17.7. The summed E-state index contributed by atoms with van der Waals surface area (Å²) >= 11 is 0. The highest BCUT2D eigenvalue weighted by atomic mass is 16.6. The van der Waals surface area contributed by atoms with Gasteiger partial charge in [-0.1, -0.05) is 73.9 Å². The second-order valence-electron chi connectivity index (χ2n) is 17.6. The van der Waals surface area contributed by atoms with Crippen molar-refractivity contribution in [3.8, 4) is 0 Å². The molecule has 356 valence electrons. The van der Waals surface area contributed by atoms with Crippen LogP contribution >= 0.6 is 0 Å². The summed E-state index contributed by atoms with van der Waals surface area (Å²) in [6, 6.07) is 3.37. The van der Waals surface area contributed by atoms with Gasteiger partial charge in [0.05, 0.1) is 36.6 Å². The van der Waals surface area contributed by atoms with Crippen molar-refractivity contribution in [2.75, 3.05) is 46.7 Å². The number of nitrogens with two attached hydrogens (primary N) is 2. The number of primary amides is 2. The summed E-state index contributed by atoms with van der Waals surface area (Å²) in [6.45, 7) is 15.5. The Kier molecular flexibility index (Phi) is 22.3. The average Bonchev–Trinajstić information content (AvgIpc) is 3.72. The number of carbonyl (C=O) groups excluding carboxylic acids is 7. The van der Waals surface area contributed by atoms with Gasteiger partial charge >= 0.3 is 12.1 Å². The number of rotatable bonds is 25. The van der Waals surface area contributed by atoms with Gasteiger partial charge < -0.3 is 51.4 Å². The minimum absolute atomic E-state index is 0.0257. The molecule has 2 unspecified atom stereocenters. The first-order chi connectivity index (χ1) is 29.6. The van der Waals surface area contributed by atoms with Gasteiger partial charge in [-0.05, 0) is 61.1 Å². The maximum atomic E-state index is 14.5. The lowest BCUT2D eigenvalue weighted by Gasteiger charge is -2.41. The van der Waals surface area contributed by atoms with E-state index in [4.69, 9.17) is 25.7 Å². The van der Waals surface area contributed by atoms with Crippen LogP contribution in [0.2, 0.25) is 0 Å². The number of nitrogens with one attached hydrogen (secondary N) is 3. The van der Waals surface area contributed by atoms with Crippen LogP contribution in [0.4, 0.5) is 15.3 Å². The van der Waals surface area contributed by atoms with Gasteiger partial charge in [0.2, 0.25) is 29.5 Å².